The Morgan fingerprint density at radius 3 is 1.43 bits per heavy atom. The largest absolute Gasteiger partial charge is 0.416 e. The van der Waals surface area contributed by atoms with Crippen LogP contribution in [0, 0.1) is 0 Å². The molecular formula is C32H20N4O. The number of hydrogen-bond acceptors (Lipinski definition) is 5. The molecule has 2 aromatic heterocycles. The van der Waals surface area contributed by atoms with Crippen molar-refractivity contribution in [2.45, 2.75) is 0 Å². The smallest absolute Gasteiger partial charge is 0.248 e. The Labute approximate surface area is 213 Å². The van der Waals surface area contributed by atoms with Crippen LogP contribution in [0.1, 0.15) is 0 Å². The Balaban J connectivity index is 1.38. The molecule has 5 nitrogen and oxygen atoms in total. The van der Waals surface area contributed by atoms with E-state index in [-0.39, 0.29) is 0 Å². The van der Waals surface area contributed by atoms with Gasteiger partial charge in [-0.1, -0.05) is 78.9 Å². The van der Waals surface area contributed by atoms with E-state index in [9.17, 15) is 0 Å². The predicted octanol–water partition coefficient (Wildman–Crippen LogP) is 7.83. The normalized spacial score (nSPS) is 11.2. The Bertz CT molecular complexity index is 1800. The maximum atomic E-state index is 5.97. The van der Waals surface area contributed by atoms with Gasteiger partial charge < -0.3 is 4.42 Å². The van der Waals surface area contributed by atoms with Gasteiger partial charge in [0.05, 0.1) is 12.4 Å². The van der Waals surface area contributed by atoms with E-state index in [0.29, 0.717) is 11.8 Å². The lowest BCUT2D eigenvalue weighted by molar-refractivity contribution is 0.584. The molecule has 0 N–H and O–H groups in total. The van der Waals surface area contributed by atoms with Crippen molar-refractivity contribution in [1.82, 2.24) is 20.4 Å². The lowest BCUT2D eigenvalue weighted by Gasteiger charge is -2.17. The van der Waals surface area contributed by atoms with E-state index in [0.717, 1.165) is 22.3 Å². The highest BCUT2D eigenvalue weighted by atomic mass is 16.4. The standard InChI is InChI=1S/C32H20N4O/c1-2-8-22(9-3-1)31-35-36-32(37-31)23-16-14-21(15-17-23)29-25-10-4-6-12-27(25)30(24-18-19-33-34-20-24)28-13-7-5-11-26(28)29/h1-20H. The molecule has 0 fully saturated rings. The molecule has 5 heteroatoms. The summed E-state index contributed by atoms with van der Waals surface area (Å²) in [6.07, 6.45) is 3.57. The summed E-state index contributed by atoms with van der Waals surface area (Å²) >= 11 is 0. The molecular weight excluding hydrogens is 456 g/mol. The van der Waals surface area contributed by atoms with Gasteiger partial charge in [0.25, 0.3) is 0 Å². The minimum absolute atomic E-state index is 0.501. The average molecular weight is 477 g/mol. The van der Waals surface area contributed by atoms with Crippen LogP contribution in [0.2, 0.25) is 0 Å². The van der Waals surface area contributed by atoms with Gasteiger partial charge in [-0.15, -0.1) is 10.2 Å². The molecule has 37 heavy (non-hydrogen) atoms. The SMILES string of the molecule is c1ccc(-c2nnc(-c3ccc(-c4c5ccccc5c(-c5ccnnc5)c5ccccc45)cc3)o2)cc1. The number of fused-ring (bicyclic) bond motifs is 2. The molecule has 174 valence electrons. The molecule has 0 unspecified atom stereocenters. The highest BCUT2D eigenvalue weighted by Crippen LogP contribution is 2.43. The quantitative estimate of drug-likeness (QED) is 0.242. The van der Waals surface area contributed by atoms with Crippen LogP contribution in [0.3, 0.4) is 0 Å². The van der Waals surface area contributed by atoms with Crippen LogP contribution in [-0.2, 0) is 0 Å². The lowest BCUT2D eigenvalue weighted by atomic mass is 9.86. The second-order valence-corrected chi connectivity index (χ2v) is 8.83. The Morgan fingerprint density at radius 1 is 0.405 bits per heavy atom. The van der Waals surface area contributed by atoms with E-state index in [4.69, 9.17) is 4.42 Å². The molecule has 0 radical (unpaired) electrons. The summed E-state index contributed by atoms with van der Waals surface area (Å²) < 4.78 is 5.97. The zero-order valence-corrected chi connectivity index (χ0v) is 19.7. The zero-order chi connectivity index (χ0) is 24.6. The molecule has 5 aromatic carbocycles. The fraction of sp³-hybridized carbons (Fsp3) is 0. The van der Waals surface area contributed by atoms with Gasteiger partial charge >= 0.3 is 0 Å². The topological polar surface area (TPSA) is 64.7 Å². The fourth-order valence-corrected chi connectivity index (χ4v) is 5.01. The molecule has 7 rings (SSSR count). The molecule has 0 aliphatic heterocycles. The van der Waals surface area contributed by atoms with E-state index < -0.39 is 0 Å². The third-order valence-electron chi connectivity index (χ3n) is 6.67. The van der Waals surface area contributed by atoms with E-state index in [2.05, 4.69) is 81.1 Å². The first-order chi connectivity index (χ1) is 18.4. The summed E-state index contributed by atoms with van der Waals surface area (Å²) in [5, 5.41) is 21.4. The van der Waals surface area contributed by atoms with Crippen molar-refractivity contribution in [3.8, 4) is 45.2 Å². The first-order valence-electron chi connectivity index (χ1n) is 12.1. The summed E-state index contributed by atoms with van der Waals surface area (Å²) in [6, 6.07) is 37.2. The molecule has 0 aliphatic carbocycles. The van der Waals surface area contributed by atoms with Crippen LogP contribution in [-0.4, -0.2) is 20.4 Å². The Kier molecular flexibility index (Phi) is 5.03. The fourth-order valence-electron chi connectivity index (χ4n) is 5.01. The van der Waals surface area contributed by atoms with Gasteiger partial charge in [-0.3, -0.25) is 0 Å². The van der Waals surface area contributed by atoms with Crippen LogP contribution in [0.5, 0.6) is 0 Å². The summed E-state index contributed by atoms with van der Waals surface area (Å²) in [5.74, 6) is 1.01. The van der Waals surface area contributed by atoms with Crippen molar-refractivity contribution in [1.29, 1.82) is 0 Å². The molecule has 0 amide bonds. The van der Waals surface area contributed by atoms with Crippen LogP contribution in [0.25, 0.3) is 66.7 Å². The van der Waals surface area contributed by atoms with Gasteiger partial charge in [0.2, 0.25) is 11.8 Å². The van der Waals surface area contributed by atoms with Crippen molar-refractivity contribution >= 4 is 21.5 Å². The first kappa shape index (κ1) is 21.1. The predicted molar refractivity (Wildman–Crippen MR) is 147 cm³/mol. The van der Waals surface area contributed by atoms with Gasteiger partial charge in [0, 0.05) is 16.7 Å². The molecule has 0 saturated carbocycles. The van der Waals surface area contributed by atoms with Gasteiger partial charge in [-0.05, 0) is 68.6 Å². The number of rotatable bonds is 4. The molecule has 0 spiro atoms. The highest BCUT2D eigenvalue weighted by Gasteiger charge is 2.17. The third kappa shape index (κ3) is 3.65. The first-order valence-corrected chi connectivity index (χ1v) is 12.1. The van der Waals surface area contributed by atoms with Crippen LogP contribution in [0.4, 0.5) is 0 Å². The number of aromatic nitrogens is 4. The highest BCUT2D eigenvalue weighted by molar-refractivity contribution is 6.21. The minimum Gasteiger partial charge on any atom is -0.416 e. The maximum absolute atomic E-state index is 5.97. The molecule has 0 atom stereocenters. The number of nitrogens with zero attached hydrogens (tertiary/aromatic N) is 4. The minimum atomic E-state index is 0.501. The number of hydrogen-bond donors (Lipinski definition) is 0. The second kappa shape index (κ2) is 8.81. The molecule has 0 bridgehead atoms. The summed E-state index contributed by atoms with van der Waals surface area (Å²) in [7, 11) is 0. The summed E-state index contributed by atoms with van der Waals surface area (Å²) in [5.41, 5.74) is 6.32. The molecule has 7 aromatic rings. The Morgan fingerprint density at radius 2 is 0.892 bits per heavy atom. The second-order valence-electron chi connectivity index (χ2n) is 8.83. The van der Waals surface area contributed by atoms with Crippen molar-refractivity contribution < 1.29 is 4.42 Å². The van der Waals surface area contributed by atoms with E-state index in [1.165, 1.54) is 32.7 Å². The van der Waals surface area contributed by atoms with Crippen molar-refractivity contribution in [2.75, 3.05) is 0 Å². The molecule has 2 heterocycles. The molecule has 0 aliphatic rings. The van der Waals surface area contributed by atoms with Crippen LogP contribution < -0.4 is 0 Å². The Hall–Kier alpha value is -5.16. The third-order valence-corrected chi connectivity index (χ3v) is 6.67. The monoisotopic (exact) mass is 476 g/mol. The van der Waals surface area contributed by atoms with E-state index in [1.54, 1.807) is 6.20 Å². The maximum Gasteiger partial charge on any atom is 0.248 e. The van der Waals surface area contributed by atoms with Crippen LogP contribution >= 0.6 is 0 Å². The average Bonchev–Trinajstić information content (AvgIpc) is 3.47. The summed E-state index contributed by atoms with van der Waals surface area (Å²) in [6.45, 7) is 0. The zero-order valence-electron chi connectivity index (χ0n) is 19.7. The lowest BCUT2D eigenvalue weighted by Crippen LogP contribution is -1.91. The van der Waals surface area contributed by atoms with Crippen LogP contribution in [0.15, 0.2) is 126 Å². The van der Waals surface area contributed by atoms with Crippen molar-refractivity contribution in [3.63, 3.8) is 0 Å². The van der Waals surface area contributed by atoms with Crippen molar-refractivity contribution in [2.24, 2.45) is 0 Å². The summed E-state index contributed by atoms with van der Waals surface area (Å²) in [4.78, 5) is 0. The van der Waals surface area contributed by atoms with E-state index >= 15 is 0 Å². The molecule has 0 saturated heterocycles. The van der Waals surface area contributed by atoms with Gasteiger partial charge in [-0.2, -0.15) is 10.2 Å². The number of benzene rings is 5. The van der Waals surface area contributed by atoms with Gasteiger partial charge in [0.15, 0.2) is 0 Å². The van der Waals surface area contributed by atoms with Gasteiger partial charge in [0.1, 0.15) is 0 Å². The van der Waals surface area contributed by atoms with Crippen molar-refractivity contribution in [3.05, 3.63) is 122 Å². The van der Waals surface area contributed by atoms with E-state index in [1.807, 2.05) is 54.7 Å². The van der Waals surface area contributed by atoms with Gasteiger partial charge in [-0.25, -0.2) is 0 Å².